The number of aromatic carboxylic acids is 1. The van der Waals surface area contributed by atoms with Crippen molar-refractivity contribution in [3.05, 3.63) is 29.3 Å². The maximum absolute atomic E-state index is 12.5. The molecule has 0 radical (unpaired) electrons. The van der Waals surface area contributed by atoms with Crippen molar-refractivity contribution in [2.75, 3.05) is 5.32 Å². The first kappa shape index (κ1) is 14.6. The average molecular weight is 275 g/mol. The maximum atomic E-state index is 12.5. The molecule has 0 heterocycles. The maximum Gasteiger partial charge on any atom is 0.335 e. The third-order valence-corrected chi connectivity index (χ3v) is 4.45. The minimum atomic E-state index is -0.980. The summed E-state index contributed by atoms with van der Waals surface area (Å²) < 4.78 is 0. The molecule has 1 fully saturated rings. The summed E-state index contributed by atoms with van der Waals surface area (Å²) in [5.74, 6) is -0.949. The standard InChI is InChI=1S/C16H21NO3/c1-3-16(8-4-5-9-16)15(20)17-13-10-12(14(18)19)7-6-11(13)2/h6-7,10H,3-5,8-9H2,1-2H3,(H,17,20)(H,18,19). The van der Waals surface area contributed by atoms with E-state index in [1.165, 1.54) is 6.07 Å². The van der Waals surface area contributed by atoms with Crippen molar-refractivity contribution in [3.8, 4) is 0 Å². The number of hydrogen-bond acceptors (Lipinski definition) is 2. The van der Waals surface area contributed by atoms with Crippen LogP contribution in [0, 0.1) is 12.3 Å². The lowest BCUT2D eigenvalue weighted by atomic mass is 9.82. The molecule has 1 aromatic rings. The Hall–Kier alpha value is -1.84. The summed E-state index contributed by atoms with van der Waals surface area (Å²) in [6, 6.07) is 4.82. The van der Waals surface area contributed by atoms with Crippen LogP contribution in [-0.2, 0) is 4.79 Å². The van der Waals surface area contributed by atoms with Gasteiger partial charge in [-0.1, -0.05) is 25.8 Å². The minimum absolute atomic E-state index is 0.0307. The molecule has 0 unspecified atom stereocenters. The minimum Gasteiger partial charge on any atom is -0.478 e. The van der Waals surface area contributed by atoms with Gasteiger partial charge in [-0.05, 0) is 43.9 Å². The van der Waals surface area contributed by atoms with Crippen LogP contribution in [0.2, 0.25) is 0 Å². The lowest BCUT2D eigenvalue weighted by Gasteiger charge is -2.26. The van der Waals surface area contributed by atoms with Gasteiger partial charge in [0.05, 0.1) is 5.56 Å². The number of nitrogens with one attached hydrogen (secondary N) is 1. The van der Waals surface area contributed by atoms with Crippen molar-refractivity contribution >= 4 is 17.6 Å². The third-order valence-electron chi connectivity index (χ3n) is 4.45. The molecule has 1 amide bonds. The Morgan fingerprint density at radius 3 is 2.50 bits per heavy atom. The molecule has 108 valence electrons. The van der Waals surface area contributed by atoms with Crippen LogP contribution in [0.1, 0.15) is 54.9 Å². The number of rotatable bonds is 4. The smallest absolute Gasteiger partial charge is 0.335 e. The number of carboxylic acid groups (broad SMARTS) is 1. The van der Waals surface area contributed by atoms with Gasteiger partial charge < -0.3 is 10.4 Å². The van der Waals surface area contributed by atoms with E-state index in [1.54, 1.807) is 12.1 Å². The quantitative estimate of drug-likeness (QED) is 0.882. The molecule has 1 aromatic carbocycles. The highest BCUT2D eigenvalue weighted by Crippen LogP contribution is 2.42. The van der Waals surface area contributed by atoms with Crippen molar-refractivity contribution in [2.45, 2.75) is 46.0 Å². The number of benzene rings is 1. The summed E-state index contributed by atoms with van der Waals surface area (Å²) in [5, 5.41) is 12.0. The average Bonchev–Trinajstić information content (AvgIpc) is 2.91. The summed E-state index contributed by atoms with van der Waals surface area (Å²) in [6.45, 7) is 3.92. The molecule has 1 aliphatic rings. The highest BCUT2D eigenvalue weighted by atomic mass is 16.4. The first-order valence-electron chi connectivity index (χ1n) is 7.14. The Labute approximate surface area is 119 Å². The van der Waals surface area contributed by atoms with E-state index in [0.717, 1.165) is 37.7 Å². The highest BCUT2D eigenvalue weighted by Gasteiger charge is 2.39. The first-order chi connectivity index (χ1) is 9.48. The number of hydrogen-bond donors (Lipinski definition) is 2. The van der Waals surface area contributed by atoms with Crippen molar-refractivity contribution < 1.29 is 14.7 Å². The normalized spacial score (nSPS) is 16.9. The van der Waals surface area contributed by atoms with E-state index in [9.17, 15) is 9.59 Å². The fourth-order valence-electron chi connectivity index (χ4n) is 2.94. The molecule has 0 aliphatic heterocycles. The summed E-state index contributed by atoms with van der Waals surface area (Å²) >= 11 is 0. The zero-order chi connectivity index (χ0) is 14.8. The van der Waals surface area contributed by atoms with Gasteiger partial charge in [0.1, 0.15) is 0 Å². The van der Waals surface area contributed by atoms with Crippen molar-refractivity contribution in [3.63, 3.8) is 0 Å². The molecule has 1 saturated carbocycles. The molecule has 0 spiro atoms. The van der Waals surface area contributed by atoms with Crippen molar-refractivity contribution in [1.82, 2.24) is 0 Å². The van der Waals surface area contributed by atoms with Gasteiger partial charge in [-0.3, -0.25) is 4.79 Å². The monoisotopic (exact) mass is 275 g/mol. The number of carboxylic acids is 1. The van der Waals surface area contributed by atoms with Crippen LogP contribution >= 0.6 is 0 Å². The highest BCUT2D eigenvalue weighted by molar-refractivity contribution is 5.97. The molecule has 1 aliphatic carbocycles. The third kappa shape index (κ3) is 2.69. The predicted octanol–water partition coefficient (Wildman–Crippen LogP) is 3.60. The van der Waals surface area contributed by atoms with E-state index >= 15 is 0 Å². The molecule has 2 N–H and O–H groups in total. The molecular formula is C16H21NO3. The fourth-order valence-corrected chi connectivity index (χ4v) is 2.94. The zero-order valence-corrected chi connectivity index (χ0v) is 12.0. The number of carbonyl (C=O) groups is 2. The summed E-state index contributed by atoms with van der Waals surface area (Å²) in [4.78, 5) is 23.6. The van der Waals surface area contributed by atoms with E-state index in [1.807, 2.05) is 13.8 Å². The second-order valence-electron chi connectivity index (χ2n) is 5.63. The molecule has 2 rings (SSSR count). The van der Waals surface area contributed by atoms with E-state index in [0.29, 0.717) is 5.69 Å². The Morgan fingerprint density at radius 1 is 1.30 bits per heavy atom. The van der Waals surface area contributed by atoms with Crippen molar-refractivity contribution in [2.24, 2.45) is 5.41 Å². The molecule has 0 saturated heterocycles. The van der Waals surface area contributed by atoms with Gasteiger partial charge in [0.15, 0.2) is 0 Å². The topological polar surface area (TPSA) is 66.4 Å². The Kier molecular flexibility index (Phi) is 4.12. The van der Waals surface area contributed by atoms with Crippen LogP contribution in [0.15, 0.2) is 18.2 Å². The molecule has 4 nitrogen and oxygen atoms in total. The molecular weight excluding hydrogens is 254 g/mol. The number of anilines is 1. The Balaban J connectivity index is 2.23. The second-order valence-corrected chi connectivity index (χ2v) is 5.63. The predicted molar refractivity (Wildman–Crippen MR) is 78.0 cm³/mol. The van der Waals surface area contributed by atoms with Gasteiger partial charge in [0.25, 0.3) is 0 Å². The van der Waals surface area contributed by atoms with Crippen LogP contribution < -0.4 is 5.32 Å². The second kappa shape index (κ2) is 5.65. The Morgan fingerprint density at radius 2 is 1.95 bits per heavy atom. The van der Waals surface area contributed by atoms with Gasteiger partial charge in [-0.25, -0.2) is 4.79 Å². The molecule has 0 aromatic heterocycles. The number of carbonyl (C=O) groups excluding carboxylic acids is 1. The van der Waals surface area contributed by atoms with Crippen LogP contribution in [0.4, 0.5) is 5.69 Å². The zero-order valence-electron chi connectivity index (χ0n) is 12.0. The SMILES string of the molecule is CCC1(C(=O)Nc2cc(C(=O)O)ccc2C)CCCC1. The van der Waals surface area contributed by atoms with E-state index in [-0.39, 0.29) is 16.9 Å². The van der Waals surface area contributed by atoms with Gasteiger partial charge in [-0.15, -0.1) is 0 Å². The molecule has 4 heteroatoms. The van der Waals surface area contributed by atoms with Gasteiger partial charge in [-0.2, -0.15) is 0 Å². The van der Waals surface area contributed by atoms with Crippen molar-refractivity contribution in [1.29, 1.82) is 0 Å². The first-order valence-corrected chi connectivity index (χ1v) is 7.14. The molecule has 20 heavy (non-hydrogen) atoms. The summed E-state index contributed by atoms with van der Waals surface area (Å²) in [7, 11) is 0. The Bertz CT molecular complexity index is 531. The number of amides is 1. The summed E-state index contributed by atoms with van der Waals surface area (Å²) in [6.07, 6.45) is 4.86. The van der Waals surface area contributed by atoms with Gasteiger partial charge in [0.2, 0.25) is 5.91 Å². The number of aryl methyl sites for hydroxylation is 1. The van der Waals surface area contributed by atoms with Crippen LogP contribution in [-0.4, -0.2) is 17.0 Å². The lowest BCUT2D eigenvalue weighted by molar-refractivity contribution is -0.125. The van der Waals surface area contributed by atoms with Crippen LogP contribution in [0.3, 0.4) is 0 Å². The largest absolute Gasteiger partial charge is 0.478 e. The van der Waals surface area contributed by atoms with Crippen LogP contribution in [0.5, 0.6) is 0 Å². The fraction of sp³-hybridized carbons (Fsp3) is 0.500. The van der Waals surface area contributed by atoms with E-state index in [2.05, 4.69) is 5.32 Å². The van der Waals surface area contributed by atoms with Crippen LogP contribution in [0.25, 0.3) is 0 Å². The van der Waals surface area contributed by atoms with Gasteiger partial charge >= 0.3 is 5.97 Å². The molecule has 0 atom stereocenters. The van der Waals surface area contributed by atoms with Gasteiger partial charge in [0, 0.05) is 11.1 Å². The molecule has 0 bridgehead atoms. The lowest BCUT2D eigenvalue weighted by Crippen LogP contribution is -2.33. The van der Waals surface area contributed by atoms with E-state index < -0.39 is 5.97 Å². The summed E-state index contributed by atoms with van der Waals surface area (Å²) in [5.41, 5.74) is 1.41. The van der Waals surface area contributed by atoms with E-state index in [4.69, 9.17) is 5.11 Å².